The molecule has 0 fully saturated rings. The van der Waals surface area contributed by atoms with Crippen LogP contribution in [0.3, 0.4) is 0 Å². The van der Waals surface area contributed by atoms with Crippen molar-refractivity contribution < 1.29 is 4.74 Å². The Balaban J connectivity index is 2.50. The van der Waals surface area contributed by atoms with Gasteiger partial charge in [0.25, 0.3) is 0 Å². The van der Waals surface area contributed by atoms with Gasteiger partial charge in [-0.05, 0) is 18.1 Å². The van der Waals surface area contributed by atoms with Gasteiger partial charge in [-0.25, -0.2) is 4.98 Å². The first kappa shape index (κ1) is 13.5. The fourth-order valence-electron chi connectivity index (χ4n) is 1.80. The van der Waals surface area contributed by atoms with Crippen molar-refractivity contribution in [3.8, 4) is 16.3 Å². The van der Waals surface area contributed by atoms with Gasteiger partial charge in [0.1, 0.15) is 16.6 Å². The maximum absolute atomic E-state index is 7.65. The van der Waals surface area contributed by atoms with E-state index in [1.54, 1.807) is 7.11 Å². The van der Waals surface area contributed by atoms with Crippen LogP contribution < -0.4 is 10.5 Å². The predicted octanol–water partition coefficient (Wildman–Crippen LogP) is 3.23. The maximum Gasteiger partial charge on any atom is 0.135 e. The summed E-state index contributed by atoms with van der Waals surface area (Å²) in [6, 6.07) is 7.74. The molecule has 19 heavy (non-hydrogen) atoms. The Hall–Kier alpha value is -1.88. The molecule has 0 aliphatic heterocycles. The van der Waals surface area contributed by atoms with E-state index >= 15 is 0 Å². The molecule has 0 aliphatic carbocycles. The van der Waals surface area contributed by atoms with Gasteiger partial charge in [-0.1, -0.05) is 26.0 Å². The van der Waals surface area contributed by atoms with E-state index in [2.05, 4.69) is 18.8 Å². The van der Waals surface area contributed by atoms with Crippen LogP contribution in [0.5, 0.6) is 5.75 Å². The molecule has 0 unspecified atom stereocenters. The molecule has 0 spiro atoms. The number of amidine groups is 1. The number of nitrogen functional groups attached to an aromatic ring is 1. The van der Waals surface area contributed by atoms with Crippen molar-refractivity contribution in [3.05, 3.63) is 34.8 Å². The van der Waals surface area contributed by atoms with Crippen LogP contribution in [0.1, 0.15) is 30.3 Å². The highest BCUT2D eigenvalue weighted by molar-refractivity contribution is 7.17. The van der Waals surface area contributed by atoms with Crippen LogP contribution in [-0.2, 0) is 0 Å². The maximum atomic E-state index is 7.65. The molecule has 2 rings (SSSR count). The Morgan fingerprint density at radius 1 is 1.42 bits per heavy atom. The van der Waals surface area contributed by atoms with Crippen LogP contribution in [0, 0.1) is 5.41 Å². The van der Waals surface area contributed by atoms with Gasteiger partial charge in [-0.15, -0.1) is 11.3 Å². The van der Waals surface area contributed by atoms with E-state index in [-0.39, 0.29) is 11.8 Å². The van der Waals surface area contributed by atoms with E-state index < -0.39 is 0 Å². The Morgan fingerprint density at radius 2 is 2.16 bits per heavy atom. The number of rotatable bonds is 4. The number of hydrogen-bond donors (Lipinski definition) is 2. The lowest BCUT2D eigenvalue weighted by Crippen LogP contribution is -2.12. The van der Waals surface area contributed by atoms with E-state index in [0.29, 0.717) is 0 Å². The van der Waals surface area contributed by atoms with Crippen LogP contribution in [0.2, 0.25) is 0 Å². The second-order valence-corrected chi connectivity index (χ2v) is 5.53. The van der Waals surface area contributed by atoms with Crippen molar-refractivity contribution in [1.29, 1.82) is 5.41 Å². The lowest BCUT2D eigenvalue weighted by Gasteiger charge is -2.02. The summed E-state index contributed by atoms with van der Waals surface area (Å²) >= 11 is 1.45. The zero-order valence-electron chi connectivity index (χ0n) is 11.2. The van der Waals surface area contributed by atoms with Gasteiger partial charge in [0.05, 0.1) is 17.7 Å². The van der Waals surface area contributed by atoms with Crippen LogP contribution in [-0.4, -0.2) is 17.9 Å². The molecular formula is C14H17N3OS. The summed E-state index contributed by atoms with van der Waals surface area (Å²) in [7, 11) is 1.64. The molecule has 1 aromatic carbocycles. The minimum absolute atomic E-state index is 0.0790. The van der Waals surface area contributed by atoms with Crippen LogP contribution in [0.25, 0.3) is 10.6 Å². The third kappa shape index (κ3) is 2.76. The lowest BCUT2D eigenvalue weighted by molar-refractivity contribution is 0.415. The topological polar surface area (TPSA) is 72.0 Å². The number of hydrogen-bond acceptors (Lipinski definition) is 4. The highest BCUT2D eigenvalue weighted by atomic mass is 32.1. The third-order valence-electron chi connectivity index (χ3n) is 2.76. The van der Waals surface area contributed by atoms with E-state index in [9.17, 15) is 0 Å². The fraction of sp³-hybridized carbons (Fsp3) is 0.286. The highest BCUT2D eigenvalue weighted by Gasteiger charge is 2.17. The van der Waals surface area contributed by atoms with Gasteiger partial charge in [0.2, 0.25) is 0 Å². The van der Waals surface area contributed by atoms with Gasteiger partial charge in [0, 0.05) is 5.56 Å². The molecule has 0 bridgehead atoms. The molecule has 0 atom stereocenters. The average Bonchev–Trinajstić information content (AvgIpc) is 2.84. The molecule has 100 valence electrons. The quantitative estimate of drug-likeness (QED) is 0.664. The summed E-state index contributed by atoms with van der Waals surface area (Å²) in [6.45, 7) is 4.10. The van der Waals surface area contributed by atoms with Crippen molar-refractivity contribution in [2.24, 2.45) is 5.73 Å². The van der Waals surface area contributed by atoms with Gasteiger partial charge in [-0.2, -0.15) is 0 Å². The summed E-state index contributed by atoms with van der Waals surface area (Å²) in [4.78, 5) is 5.38. The molecule has 5 heteroatoms. The minimum Gasteiger partial charge on any atom is -0.497 e. The van der Waals surface area contributed by atoms with Crippen molar-refractivity contribution >= 4 is 17.2 Å². The van der Waals surface area contributed by atoms with E-state index in [1.165, 1.54) is 11.3 Å². The van der Waals surface area contributed by atoms with Crippen LogP contribution in [0.15, 0.2) is 24.3 Å². The normalized spacial score (nSPS) is 10.7. The van der Waals surface area contributed by atoms with Crippen molar-refractivity contribution in [1.82, 2.24) is 4.98 Å². The molecule has 0 aliphatic rings. The summed E-state index contributed by atoms with van der Waals surface area (Å²) in [5, 5.41) is 8.52. The molecule has 0 radical (unpaired) electrons. The largest absolute Gasteiger partial charge is 0.497 e. The van der Waals surface area contributed by atoms with Gasteiger partial charge in [-0.3, -0.25) is 5.41 Å². The van der Waals surface area contributed by atoms with Crippen LogP contribution >= 0.6 is 11.3 Å². The summed E-state index contributed by atoms with van der Waals surface area (Å²) in [5.41, 5.74) is 7.50. The Kier molecular flexibility index (Phi) is 3.85. The van der Waals surface area contributed by atoms with Gasteiger partial charge >= 0.3 is 0 Å². The molecule has 1 aromatic heterocycles. The first-order chi connectivity index (χ1) is 9.02. The van der Waals surface area contributed by atoms with Crippen molar-refractivity contribution in [3.63, 3.8) is 0 Å². The average molecular weight is 275 g/mol. The minimum atomic E-state index is 0.0790. The number of ether oxygens (including phenoxy) is 1. The van der Waals surface area contributed by atoms with E-state index in [1.807, 2.05) is 24.3 Å². The smallest absolute Gasteiger partial charge is 0.135 e. The molecule has 2 aromatic rings. The van der Waals surface area contributed by atoms with Crippen molar-refractivity contribution in [2.45, 2.75) is 19.8 Å². The number of nitrogens with one attached hydrogen (secondary N) is 1. The Morgan fingerprint density at radius 3 is 2.68 bits per heavy atom. The number of thiazole rings is 1. The second kappa shape index (κ2) is 5.40. The zero-order valence-corrected chi connectivity index (χ0v) is 12.0. The van der Waals surface area contributed by atoms with E-state index in [4.69, 9.17) is 15.9 Å². The number of nitrogens with zero attached hydrogens (tertiary/aromatic N) is 1. The summed E-state index contributed by atoms with van der Waals surface area (Å²) < 4.78 is 5.22. The predicted molar refractivity (Wildman–Crippen MR) is 79.2 cm³/mol. The number of methoxy groups -OCH3 is 1. The monoisotopic (exact) mass is 275 g/mol. The second-order valence-electron chi connectivity index (χ2n) is 4.53. The first-order valence-corrected chi connectivity index (χ1v) is 6.84. The summed E-state index contributed by atoms with van der Waals surface area (Å²) in [5.74, 6) is 1.12. The van der Waals surface area contributed by atoms with Gasteiger partial charge < -0.3 is 10.5 Å². The zero-order chi connectivity index (χ0) is 14.0. The number of nitrogens with two attached hydrogens (primary N) is 1. The molecule has 0 saturated heterocycles. The lowest BCUT2D eigenvalue weighted by atomic mass is 10.1. The number of benzene rings is 1. The van der Waals surface area contributed by atoms with Gasteiger partial charge in [0.15, 0.2) is 0 Å². The van der Waals surface area contributed by atoms with E-state index in [0.717, 1.165) is 26.9 Å². The molecule has 1 heterocycles. The third-order valence-corrected chi connectivity index (χ3v) is 3.92. The fourth-order valence-corrected chi connectivity index (χ4v) is 2.87. The molecule has 4 nitrogen and oxygen atoms in total. The molecule has 0 saturated carbocycles. The molecular weight excluding hydrogens is 258 g/mol. The molecule has 3 N–H and O–H groups in total. The van der Waals surface area contributed by atoms with Crippen LogP contribution in [0.4, 0.5) is 0 Å². The SMILES string of the molecule is COc1cccc(-c2nc(C(C)C)c(C(=N)N)s2)c1. The standard InChI is InChI=1S/C14H17N3OS/c1-8(2)11-12(13(15)16)19-14(17-11)9-5-4-6-10(7-9)18-3/h4-8H,1-3H3,(H3,15,16). The Labute approximate surface area is 116 Å². The number of aromatic nitrogens is 1. The summed E-state index contributed by atoms with van der Waals surface area (Å²) in [6.07, 6.45) is 0. The van der Waals surface area contributed by atoms with Crippen molar-refractivity contribution in [2.75, 3.05) is 7.11 Å². The highest BCUT2D eigenvalue weighted by Crippen LogP contribution is 2.32. The Bertz CT molecular complexity index is 604. The first-order valence-electron chi connectivity index (χ1n) is 6.02. The molecule has 0 amide bonds.